The van der Waals surface area contributed by atoms with Gasteiger partial charge in [-0.05, 0) is 63.4 Å². The van der Waals surface area contributed by atoms with Crippen molar-refractivity contribution in [3.63, 3.8) is 0 Å². The minimum Gasteiger partial charge on any atom is -0.369 e. The maximum absolute atomic E-state index is 12.1. The molecule has 2 rings (SSSR count). The van der Waals surface area contributed by atoms with Crippen molar-refractivity contribution in [3.05, 3.63) is 35.4 Å². The van der Waals surface area contributed by atoms with E-state index in [1.165, 1.54) is 0 Å². The van der Waals surface area contributed by atoms with Crippen LogP contribution < -0.4 is 16.4 Å². The quantitative estimate of drug-likeness (QED) is 0.293. The number of primary amides is 1. The predicted octanol–water partition coefficient (Wildman–Crippen LogP) is 1.07. The van der Waals surface area contributed by atoms with Gasteiger partial charge in [-0.25, -0.2) is 0 Å². The van der Waals surface area contributed by atoms with E-state index in [0.29, 0.717) is 5.56 Å². The molecule has 0 radical (unpaired) electrons. The van der Waals surface area contributed by atoms with E-state index in [1.54, 1.807) is 19.0 Å². The van der Waals surface area contributed by atoms with Gasteiger partial charge in [-0.2, -0.15) is 0 Å². The molecule has 0 spiro atoms. The predicted molar refractivity (Wildman–Crippen MR) is 125 cm³/mol. The SMILES string of the molecule is CCNC(=NCCCN1CCCC(C(N)=O)C1)NCCc1cccc(C(=O)N(C)C)c1. The number of hydrogen-bond acceptors (Lipinski definition) is 4. The highest BCUT2D eigenvalue weighted by atomic mass is 16.2. The Morgan fingerprint density at radius 3 is 2.81 bits per heavy atom. The molecular weight excluding hydrogens is 392 g/mol. The van der Waals surface area contributed by atoms with Crippen LogP contribution in [-0.4, -0.2) is 80.9 Å². The van der Waals surface area contributed by atoms with Crippen LogP contribution in [0.1, 0.15) is 42.1 Å². The van der Waals surface area contributed by atoms with Crippen LogP contribution in [0.15, 0.2) is 29.3 Å². The van der Waals surface area contributed by atoms with Crippen LogP contribution in [0.5, 0.6) is 0 Å². The van der Waals surface area contributed by atoms with E-state index in [9.17, 15) is 9.59 Å². The molecule has 0 bridgehead atoms. The molecule has 1 fully saturated rings. The highest BCUT2D eigenvalue weighted by molar-refractivity contribution is 5.94. The summed E-state index contributed by atoms with van der Waals surface area (Å²) in [6.07, 6.45) is 3.69. The average Bonchev–Trinajstić information content (AvgIpc) is 2.76. The number of piperidine rings is 1. The molecule has 0 aliphatic carbocycles. The maximum Gasteiger partial charge on any atom is 0.253 e. The summed E-state index contributed by atoms with van der Waals surface area (Å²) in [6.45, 7) is 7.03. The number of carbonyl (C=O) groups excluding carboxylic acids is 2. The Kier molecular flexibility index (Phi) is 10.3. The molecule has 1 atom stereocenters. The molecule has 2 amide bonds. The third kappa shape index (κ3) is 8.57. The van der Waals surface area contributed by atoms with Crippen molar-refractivity contribution >= 4 is 17.8 Å². The van der Waals surface area contributed by atoms with Crippen LogP contribution >= 0.6 is 0 Å². The Balaban J connectivity index is 1.77. The molecule has 4 N–H and O–H groups in total. The van der Waals surface area contributed by atoms with Crippen molar-refractivity contribution < 1.29 is 9.59 Å². The molecule has 1 aliphatic rings. The number of nitrogens with zero attached hydrogens (tertiary/aromatic N) is 3. The second-order valence-electron chi connectivity index (χ2n) is 8.23. The van der Waals surface area contributed by atoms with E-state index in [0.717, 1.165) is 76.5 Å². The topological polar surface area (TPSA) is 103 Å². The van der Waals surface area contributed by atoms with Gasteiger partial charge in [0.15, 0.2) is 5.96 Å². The highest BCUT2D eigenvalue weighted by Crippen LogP contribution is 2.16. The fraction of sp³-hybridized carbons (Fsp3) is 0.609. The summed E-state index contributed by atoms with van der Waals surface area (Å²) in [5.41, 5.74) is 7.28. The molecule has 8 nitrogen and oxygen atoms in total. The van der Waals surface area contributed by atoms with Gasteiger partial charge in [0, 0.05) is 45.8 Å². The van der Waals surface area contributed by atoms with E-state index >= 15 is 0 Å². The van der Waals surface area contributed by atoms with Gasteiger partial charge < -0.3 is 26.2 Å². The molecule has 1 heterocycles. The summed E-state index contributed by atoms with van der Waals surface area (Å²) in [6, 6.07) is 7.76. The van der Waals surface area contributed by atoms with Crippen LogP contribution in [-0.2, 0) is 11.2 Å². The zero-order chi connectivity index (χ0) is 22.6. The number of hydrogen-bond donors (Lipinski definition) is 3. The number of rotatable bonds is 10. The molecule has 0 aromatic heterocycles. The number of aliphatic imine (C=N–C) groups is 1. The lowest BCUT2D eigenvalue weighted by Crippen LogP contribution is -2.41. The zero-order valence-corrected chi connectivity index (χ0v) is 19.2. The summed E-state index contributed by atoms with van der Waals surface area (Å²) >= 11 is 0. The summed E-state index contributed by atoms with van der Waals surface area (Å²) in [5.74, 6) is 0.623. The monoisotopic (exact) mass is 430 g/mol. The van der Waals surface area contributed by atoms with Gasteiger partial charge in [-0.1, -0.05) is 12.1 Å². The third-order valence-corrected chi connectivity index (χ3v) is 5.44. The Labute approximate surface area is 186 Å². The van der Waals surface area contributed by atoms with E-state index in [4.69, 9.17) is 5.73 Å². The van der Waals surface area contributed by atoms with Crippen LogP contribution in [0.3, 0.4) is 0 Å². The number of guanidine groups is 1. The molecule has 1 unspecified atom stereocenters. The normalized spacial score (nSPS) is 17.3. The van der Waals surface area contributed by atoms with Gasteiger partial charge in [0.2, 0.25) is 5.91 Å². The average molecular weight is 431 g/mol. The molecule has 8 heteroatoms. The molecule has 1 saturated heterocycles. The zero-order valence-electron chi connectivity index (χ0n) is 19.2. The third-order valence-electron chi connectivity index (χ3n) is 5.44. The first-order valence-corrected chi connectivity index (χ1v) is 11.2. The number of benzene rings is 1. The molecule has 172 valence electrons. The van der Waals surface area contributed by atoms with Gasteiger partial charge in [0.05, 0.1) is 5.92 Å². The first kappa shape index (κ1) is 24.7. The highest BCUT2D eigenvalue weighted by Gasteiger charge is 2.23. The maximum atomic E-state index is 12.1. The van der Waals surface area contributed by atoms with Crippen molar-refractivity contribution in [2.75, 3.05) is 53.4 Å². The summed E-state index contributed by atoms with van der Waals surface area (Å²) in [4.78, 5) is 32.1. The lowest BCUT2D eigenvalue weighted by Gasteiger charge is -2.30. The molecule has 31 heavy (non-hydrogen) atoms. The minimum absolute atomic E-state index is 0.0113. The van der Waals surface area contributed by atoms with Crippen LogP contribution in [0.2, 0.25) is 0 Å². The number of nitrogens with two attached hydrogens (primary N) is 1. The lowest BCUT2D eigenvalue weighted by atomic mass is 9.97. The number of nitrogens with one attached hydrogen (secondary N) is 2. The largest absolute Gasteiger partial charge is 0.369 e. The van der Waals surface area contributed by atoms with E-state index in [2.05, 4.69) is 20.5 Å². The molecule has 0 saturated carbocycles. The Hall–Kier alpha value is -2.61. The second-order valence-corrected chi connectivity index (χ2v) is 8.23. The Bertz CT molecular complexity index is 749. The van der Waals surface area contributed by atoms with Crippen molar-refractivity contribution in [2.45, 2.75) is 32.6 Å². The van der Waals surface area contributed by atoms with Crippen LogP contribution in [0.25, 0.3) is 0 Å². The summed E-state index contributed by atoms with van der Waals surface area (Å²) < 4.78 is 0. The Morgan fingerprint density at radius 2 is 2.10 bits per heavy atom. The molecule has 1 aromatic rings. The second kappa shape index (κ2) is 12.9. The van der Waals surface area contributed by atoms with Gasteiger partial charge >= 0.3 is 0 Å². The van der Waals surface area contributed by atoms with Crippen LogP contribution in [0, 0.1) is 5.92 Å². The minimum atomic E-state index is -0.182. The van der Waals surface area contributed by atoms with Gasteiger partial charge in [0.25, 0.3) is 5.91 Å². The number of carbonyl (C=O) groups is 2. The fourth-order valence-corrected chi connectivity index (χ4v) is 3.76. The van der Waals surface area contributed by atoms with E-state index < -0.39 is 0 Å². The van der Waals surface area contributed by atoms with E-state index in [1.807, 2.05) is 31.2 Å². The van der Waals surface area contributed by atoms with Gasteiger partial charge in [-0.3, -0.25) is 14.6 Å². The van der Waals surface area contributed by atoms with Crippen molar-refractivity contribution in [3.8, 4) is 0 Å². The molecule has 1 aromatic carbocycles. The fourth-order valence-electron chi connectivity index (χ4n) is 3.76. The van der Waals surface area contributed by atoms with Gasteiger partial charge in [-0.15, -0.1) is 0 Å². The standard InChI is InChI=1S/C23H38N6O2/c1-4-25-23(26-12-7-15-29-14-6-10-20(17-29)21(24)30)27-13-11-18-8-5-9-19(16-18)22(31)28(2)3/h5,8-9,16,20H,4,6-7,10-15,17H2,1-3H3,(H2,24,30)(H2,25,26,27). The molecular formula is C23H38N6O2. The van der Waals surface area contributed by atoms with Crippen molar-refractivity contribution in [2.24, 2.45) is 16.6 Å². The lowest BCUT2D eigenvalue weighted by molar-refractivity contribution is -0.123. The first-order valence-electron chi connectivity index (χ1n) is 11.2. The van der Waals surface area contributed by atoms with Crippen LogP contribution in [0.4, 0.5) is 0 Å². The molecule has 1 aliphatic heterocycles. The van der Waals surface area contributed by atoms with Crippen molar-refractivity contribution in [1.29, 1.82) is 0 Å². The first-order chi connectivity index (χ1) is 14.9. The number of amides is 2. The number of likely N-dealkylation sites (tertiary alicyclic amines) is 1. The van der Waals surface area contributed by atoms with E-state index in [-0.39, 0.29) is 17.7 Å². The summed E-state index contributed by atoms with van der Waals surface area (Å²) in [5, 5.41) is 6.65. The smallest absolute Gasteiger partial charge is 0.253 e. The van der Waals surface area contributed by atoms with Crippen molar-refractivity contribution in [1.82, 2.24) is 20.4 Å². The Morgan fingerprint density at radius 1 is 1.29 bits per heavy atom. The van der Waals surface area contributed by atoms with Gasteiger partial charge in [0.1, 0.15) is 0 Å². The summed E-state index contributed by atoms with van der Waals surface area (Å²) in [7, 11) is 3.52.